The first-order valence-electron chi connectivity index (χ1n) is 9.29. The van der Waals surface area contributed by atoms with Gasteiger partial charge < -0.3 is 0 Å². The summed E-state index contributed by atoms with van der Waals surface area (Å²) in [5, 5.41) is 5.77. The van der Waals surface area contributed by atoms with Crippen LogP contribution in [0.25, 0.3) is 22.5 Å². The van der Waals surface area contributed by atoms with Gasteiger partial charge in [-0.05, 0) is 53.6 Å². The van der Waals surface area contributed by atoms with Crippen LogP contribution in [0.3, 0.4) is 0 Å². The molecule has 0 unspecified atom stereocenters. The normalized spacial score (nSPS) is 11.7. The summed E-state index contributed by atoms with van der Waals surface area (Å²) in [7, 11) is 0. The smallest absolute Gasteiger partial charge is 0.276 e. The van der Waals surface area contributed by atoms with Gasteiger partial charge in [-0.2, -0.15) is 18.3 Å². The number of halogens is 3. The highest BCUT2D eigenvalue weighted by atomic mass is 32.2. The largest absolute Gasteiger partial charge is 0.435 e. The van der Waals surface area contributed by atoms with E-state index < -0.39 is 11.9 Å². The minimum atomic E-state index is -4.48. The van der Waals surface area contributed by atoms with Gasteiger partial charge in [-0.25, -0.2) is 0 Å². The third kappa shape index (κ3) is 5.38. The molecule has 148 valence electrons. The summed E-state index contributed by atoms with van der Waals surface area (Å²) in [5.74, 6) is 1.08. The van der Waals surface area contributed by atoms with Crippen molar-refractivity contribution < 1.29 is 13.2 Å². The Labute approximate surface area is 166 Å². The van der Waals surface area contributed by atoms with Gasteiger partial charge in [-0.1, -0.05) is 38.3 Å². The summed E-state index contributed by atoms with van der Waals surface area (Å²) in [6.07, 6.45) is 2.07. The van der Waals surface area contributed by atoms with Crippen LogP contribution in [0.15, 0.2) is 53.6 Å². The molecule has 0 fully saturated rings. The summed E-state index contributed by atoms with van der Waals surface area (Å²) in [4.78, 5) is 5.38. The van der Waals surface area contributed by atoms with E-state index in [-0.39, 0.29) is 5.69 Å². The molecule has 3 rings (SSSR count). The van der Waals surface area contributed by atoms with Gasteiger partial charge in [0.2, 0.25) is 0 Å². The molecule has 1 aromatic carbocycles. The van der Waals surface area contributed by atoms with E-state index in [1.165, 1.54) is 30.6 Å². The molecule has 0 bridgehead atoms. The van der Waals surface area contributed by atoms with E-state index in [2.05, 4.69) is 34.2 Å². The van der Waals surface area contributed by atoms with Crippen LogP contribution in [-0.4, -0.2) is 20.9 Å². The predicted molar refractivity (Wildman–Crippen MR) is 107 cm³/mol. The van der Waals surface area contributed by atoms with Crippen molar-refractivity contribution in [3.05, 3.63) is 54.4 Å². The second-order valence-electron chi connectivity index (χ2n) is 6.53. The number of nitrogens with zero attached hydrogens (tertiary/aromatic N) is 2. The van der Waals surface area contributed by atoms with E-state index in [9.17, 15) is 13.2 Å². The second kappa shape index (κ2) is 9.28. The van der Waals surface area contributed by atoms with Gasteiger partial charge in [-0.15, -0.1) is 11.8 Å². The quantitative estimate of drug-likeness (QED) is 0.330. The number of hydrogen-bond acceptors (Lipinski definition) is 3. The van der Waals surface area contributed by atoms with E-state index in [4.69, 9.17) is 0 Å². The van der Waals surface area contributed by atoms with Gasteiger partial charge in [0.1, 0.15) is 0 Å². The monoisotopic (exact) mass is 405 g/mol. The van der Waals surface area contributed by atoms with Crippen molar-refractivity contribution in [3.63, 3.8) is 0 Å². The number of benzene rings is 1. The number of alkyl halides is 3. The van der Waals surface area contributed by atoms with Crippen LogP contribution in [0.1, 0.15) is 38.3 Å². The van der Waals surface area contributed by atoms with Crippen LogP contribution in [0.5, 0.6) is 0 Å². The summed E-state index contributed by atoms with van der Waals surface area (Å²) in [6, 6.07) is 12.8. The molecule has 0 aliphatic rings. The lowest BCUT2D eigenvalue weighted by Gasteiger charge is -2.07. The predicted octanol–water partition coefficient (Wildman–Crippen LogP) is 6.83. The third-order valence-corrected chi connectivity index (χ3v) is 5.42. The molecule has 0 radical (unpaired) electrons. The highest BCUT2D eigenvalue weighted by Crippen LogP contribution is 2.31. The van der Waals surface area contributed by atoms with Crippen LogP contribution >= 0.6 is 11.8 Å². The Balaban J connectivity index is 1.75. The summed E-state index contributed by atoms with van der Waals surface area (Å²) in [6.45, 7) is 2.20. The lowest BCUT2D eigenvalue weighted by molar-refractivity contribution is -0.141. The highest BCUT2D eigenvalue weighted by Gasteiger charge is 2.34. The number of nitrogens with one attached hydrogen (secondary N) is 1. The van der Waals surface area contributed by atoms with Gasteiger partial charge in [0.25, 0.3) is 0 Å². The number of unbranched alkanes of at least 4 members (excludes halogenated alkanes) is 3. The lowest BCUT2D eigenvalue weighted by Crippen LogP contribution is -2.04. The topological polar surface area (TPSA) is 41.6 Å². The molecule has 0 spiro atoms. The highest BCUT2D eigenvalue weighted by molar-refractivity contribution is 7.99. The average molecular weight is 405 g/mol. The Morgan fingerprint density at radius 2 is 1.82 bits per heavy atom. The maximum Gasteiger partial charge on any atom is 0.435 e. The van der Waals surface area contributed by atoms with Crippen molar-refractivity contribution in [2.45, 2.75) is 43.7 Å². The van der Waals surface area contributed by atoms with Gasteiger partial charge >= 0.3 is 6.18 Å². The summed E-state index contributed by atoms with van der Waals surface area (Å²) >= 11 is 1.83. The van der Waals surface area contributed by atoms with Gasteiger partial charge in [0, 0.05) is 11.1 Å². The van der Waals surface area contributed by atoms with Crippen molar-refractivity contribution in [1.29, 1.82) is 0 Å². The van der Waals surface area contributed by atoms with Crippen molar-refractivity contribution in [2.75, 3.05) is 5.75 Å². The van der Waals surface area contributed by atoms with E-state index in [1.807, 2.05) is 30.0 Å². The molecule has 7 heteroatoms. The Kier molecular flexibility index (Phi) is 6.78. The molecule has 3 nitrogen and oxygen atoms in total. The Bertz CT molecular complexity index is 906. The van der Waals surface area contributed by atoms with Crippen molar-refractivity contribution in [1.82, 2.24) is 15.2 Å². The summed E-state index contributed by atoms with van der Waals surface area (Å²) in [5.41, 5.74) is 1.64. The first-order valence-corrected chi connectivity index (χ1v) is 10.3. The number of rotatable bonds is 8. The van der Waals surface area contributed by atoms with Gasteiger partial charge in [0.05, 0.1) is 11.4 Å². The maximum atomic E-state index is 12.8. The van der Waals surface area contributed by atoms with Crippen molar-refractivity contribution in [3.8, 4) is 22.5 Å². The summed E-state index contributed by atoms with van der Waals surface area (Å²) < 4.78 is 38.3. The SMILES string of the molecule is CCCCCCSc1cccc(-c2ccnc(-c3cc(C(F)(F)F)n[nH]3)c2)c1. The second-order valence-corrected chi connectivity index (χ2v) is 7.70. The Morgan fingerprint density at radius 1 is 1.00 bits per heavy atom. The molecule has 0 saturated heterocycles. The van der Waals surface area contributed by atoms with Crippen LogP contribution in [0.2, 0.25) is 0 Å². The van der Waals surface area contributed by atoms with Crippen LogP contribution < -0.4 is 0 Å². The molecular formula is C21H22F3N3S. The maximum absolute atomic E-state index is 12.8. The van der Waals surface area contributed by atoms with E-state index in [0.29, 0.717) is 5.69 Å². The minimum Gasteiger partial charge on any atom is -0.276 e. The number of hydrogen-bond donors (Lipinski definition) is 1. The van der Waals surface area contributed by atoms with E-state index >= 15 is 0 Å². The van der Waals surface area contributed by atoms with Crippen LogP contribution in [0.4, 0.5) is 13.2 Å². The van der Waals surface area contributed by atoms with Gasteiger partial charge in [0.15, 0.2) is 5.69 Å². The molecule has 1 N–H and O–H groups in total. The number of thioether (sulfide) groups is 1. The van der Waals surface area contributed by atoms with Crippen LogP contribution in [-0.2, 0) is 6.18 Å². The Morgan fingerprint density at radius 3 is 2.57 bits per heavy atom. The Hall–Kier alpha value is -2.28. The molecule has 0 saturated carbocycles. The number of pyridine rings is 1. The first kappa shape index (κ1) is 20.5. The zero-order chi connectivity index (χ0) is 20.0. The molecule has 0 aliphatic heterocycles. The molecule has 0 atom stereocenters. The molecule has 0 amide bonds. The third-order valence-electron chi connectivity index (χ3n) is 4.34. The standard InChI is InChI=1S/C21H22F3N3S/c1-2-3-4-5-11-28-17-8-6-7-15(12-17)16-9-10-25-18(13-16)19-14-20(27-26-19)21(22,23)24/h6-10,12-14H,2-5,11H2,1H3,(H,26,27). The number of H-pyrrole nitrogens is 1. The lowest BCUT2D eigenvalue weighted by atomic mass is 10.1. The average Bonchev–Trinajstić information content (AvgIpc) is 3.19. The molecule has 3 aromatic rings. The molecule has 28 heavy (non-hydrogen) atoms. The number of aromatic nitrogens is 3. The number of aromatic amines is 1. The molecular weight excluding hydrogens is 383 g/mol. The molecule has 2 aromatic heterocycles. The van der Waals surface area contributed by atoms with E-state index in [1.54, 1.807) is 12.3 Å². The van der Waals surface area contributed by atoms with Crippen molar-refractivity contribution >= 4 is 11.8 Å². The van der Waals surface area contributed by atoms with E-state index in [0.717, 1.165) is 22.9 Å². The molecule has 2 heterocycles. The fraction of sp³-hybridized carbons (Fsp3) is 0.333. The van der Waals surface area contributed by atoms with Gasteiger partial charge in [-0.3, -0.25) is 10.1 Å². The zero-order valence-electron chi connectivity index (χ0n) is 15.6. The van der Waals surface area contributed by atoms with Crippen LogP contribution in [0, 0.1) is 0 Å². The molecule has 0 aliphatic carbocycles. The minimum absolute atomic E-state index is 0.246. The fourth-order valence-electron chi connectivity index (χ4n) is 2.84. The van der Waals surface area contributed by atoms with Crippen molar-refractivity contribution in [2.24, 2.45) is 0 Å². The zero-order valence-corrected chi connectivity index (χ0v) is 16.4. The first-order chi connectivity index (χ1) is 13.5. The fourth-order valence-corrected chi connectivity index (χ4v) is 3.81.